The summed E-state index contributed by atoms with van der Waals surface area (Å²) < 4.78 is 1.27. The van der Waals surface area contributed by atoms with Crippen molar-refractivity contribution in [2.75, 3.05) is 5.75 Å². The van der Waals surface area contributed by atoms with Gasteiger partial charge in [-0.25, -0.2) is 4.98 Å². The maximum absolute atomic E-state index is 13.3. The minimum absolute atomic E-state index is 0.138. The van der Waals surface area contributed by atoms with Gasteiger partial charge in [-0.2, -0.15) is 5.26 Å². The summed E-state index contributed by atoms with van der Waals surface area (Å²) in [5.74, 6) is -1.43. The molecular weight excluding hydrogens is 494 g/mol. The number of aliphatic hydroxyl groups is 1. The highest BCUT2D eigenvalue weighted by atomic mass is 32.2. The number of amides is 1. The third-order valence-corrected chi connectivity index (χ3v) is 6.27. The van der Waals surface area contributed by atoms with E-state index in [1.54, 1.807) is 30.3 Å². The Labute approximate surface area is 214 Å². The average Bonchev–Trinajstić information content (AvgIpc) is 2.92. The van der Waals surface area contributed by atoms with Crippen LogP contribution in [0.4, 0.5) is 5.69 Å². The van der Waals surface area contributed by atoms with Crippen molar-refractivity contribution in [3.63, 3.8) is 0 Å². The van der Waals surface area contributed by atoms with E-state index in [0.29, 0.717) is 16.6 Å². The number of hydrogen-bond donors (Lipinski definition) is 2. The number of nitro benzene ring substituents is 1. The van der Waals surface area contributed by atoms with Crippen LogP contribution in [0.5, 0.6) is 0 Å². The second-order valence-electron chi connectivity index (χ2n) is 7.72. The molecule has 0 radical (unpaired) electrons. The molecule has 3 aromatic carbocycles. The van der Waals surface area contributed by atoms with Gasteiger partial charge >= 0.3 is 0 Å². The Balaban J connectivity index is 1.64. The lowest BCUT2D eigenvalue weighted by Crippen LogP contribution is -2.25. The van der Waals surface area contributed by atoms with E-state index >= 15 is 0 Å². The standard InChI is InChI=1S/C26H19N5O5S/c27-14-21(24(33)28-15-17-6-2-1-3-7-17)23(32)16-37-26-29-22-9-5-4-8-20(22)25(34)30(26)18-10-12-19(13-11-18)31(35)36/h1-13,32H,15-16H2,(H,28,33)/b23-21-. The van der Waals surface area contributed by atoms with Crippen LogP contribution in [0.3, 0.4) is 0 Å². The highest BCUT2D eigenvalue weighted by Gasteiger charge is 2.18. The second-order valence-corrected chi connectivity index (χ2v) is 8.66. The number of nitrogens with one attached hydrogen (secondary N) is 1. The predicted octanol–water partition coefficient (Wildman–Crippen LogP) is 4.04. The number of para-hydroxylation sites is 1. The molecule has 0 bridgehead atoms. The van der Waals surface area contributed by atoms with Crippen LogP contribution in [0.2, 0.25) is 0 Å². The third kappa shape index (κ3) is 5.66. The summed E-state index contributed by atoms with van der Waals surface area (Å²) in [5, 5.41) is 34.2. The van der Waals surface area contributed by atoms with Crippen LogP contribution in [0.25, 0.3) is 16.6 Å². The summed E-state index contributed by atoms with van der Waals surface area (Å²) in [4.78, 5) is 40.8. The van der Waals surface area contributed by atoms with Gasteiger partial charge in [-0.15, -0.1) is 0 Å². The van der Waals surface area contributed by atoms with Crippen molar-refractivity contribution in [2.24, 2.45) is 0 Å². The van der Waals surface area contributed by atoms with E-state index in [2.05, 4.69) is 10.3 Å². The molecule has 0 aliphatic carbocycles. The number of rotatable bonds is 8. The number of carbonyl (C=O) groups excluding carboxylic acids is 1. The number of fused-ring (bicyclic) bond motifs is 1. The van der Waals surface area contributed by atoms with E-state index in [1.165, 1.54) is 28.8 Å². The molecule has 10 nitrogen and oxygen atoms in total. The number of non-ortho nitro benzene ring substituents is 1. The summed E-state index contributed by atoms with van der Waals surface area (Å²) in [7, 11) is 0. The molecule has 37 heavy (non-hydrogen) atoms. The molecule has 0 fully saturated rings. The van der Waals surface area contributed by atoms with E-state index < -0.39 is 27.7 Å². The minimum Gasteiger partial charge on any atom is -0.510 e. The number of nitriles is 1. The van der Waals surface area contributed by atoms with Gasteiger partial charge < -0.3 is 10.4 Å². The summed E-state index contributed by atoms with van der Waals surface area (Å²) in [5.41, 5.74) is 0.577. The first-order chi connectivity index (χ1) is 17.9. The van der Waals surface area contributed by atoms with Crippen molar-refractivity contribution in [2.45, 2.75) is 11.7 Å². The van der Waals surface area contributed by atoms with Gasteiger partial charge in [0.1, 0.15) is 11.8 Å². The Hall–Kier alpha value is -4.95. The fraction of sp³-hybridized carbons (Fsp3) is 0.0769. The molecular formula is C26H19N5O5S. The van der Waals surface area contributed by atoms with E-state index in [0.717, 1.165) is 17.3 Å². The molecule has 1 aromatic heterocycles. The lowest BCUT2D eigenvalue weighted by Gasteiger charge is -2.13. The summed E-state index contributed by atoms with van der Waals surface area (Å²) in [6, 6.07) is 22.9. The number of nitro groups is 1. The Morgan fingerprint density at radius 1 is 1.08 bits per heavy atom. The van der Waals surface area contributed by atoms with Gasteiger partial charge in [0, 0.05) is 18.7 Å². The van der Waals surface area contributed by atoms with E-state index in [-0.39, 0.29) is 23.1 Å². The van der Waals surface area contributed by atoms with Gasteiger partial charge in [0.2, 0.25) is 0 Å². The molecule has 0 unspecified atom stereocenters. The Morgan fingerprint density at radius 3 is 2.43 bits per heavy atom. The Bertz CT molecular complexity index is 1610. The van der Waals surface area contributed by atoms with Crippen molar-refractivity contribution in [3.05, 3.63) is 116 Å². The molecule has 184 valence electrons. The molecule has 0 aliphatic heterocycles. The number of thioether (sulfide) groups is 1. The maximum atomic E-state index is 13.3. The predicted molar refractivity (Wildman–Crippen MR) is 138 cm³/mol. The molecule has 4 rings (SSSR count). The van der Waals surface area contributed by atoms with E-state index in [9.17, 15) is 30.1 Å². The zero-order chi connectivity index (χ0) is 26.4. The molecule has 4 aromatic rings. The van der Waals surface area contributed by atoms with Crippen molar-refractivity contribution in [1.29, 1.82) is 5.26 Å². The van der Waals surface area contributed by atoms with E-state index in [4.69, 9.17) is 0 Å². The fourth-order valence-corrected chi connectivity index (χ4v) is 4.37. The van der Waals surface area contributed by atoms with Crippen LogP contribution in [0.15, 0.2) is 100 Å². The van der Waals surface area contributed by atoms with Crippen LogP contribution < -0.4 is 10.9 Å². The van der Waals surface area contributed by atoms with Crippen molar-refractivity contribution in [1.82, 2.24) is 14.9 Å². The maximum Gasteiger partial charge on any atom is 0.269 e. The highest BCUT2D eigenvalue weighted by molar-refractivity contribution is 7.99. The normalized spacial score (nSPS) is 11.4. The van der Waals surface area contributed by atoms with Gasteiger partial charge in [0.25, 0.3) is 17.2 Å². The number of aromatic nitrogens is 2. The average molecular weight is 514 g/mol. The molecule has 1 heterocycles. The fourth-order valence-electron chi connectivity index (χ4n) is 3.48. The first-order valence-corrected chi connectivity index (χ1v) is 11.9. The summed E-state index contributed by atoms with van der Waals surface area (Å²) in [6.07, 6.45) is 0. The van der Waals surface area contributed by atoms with Crippen LogP contribution in [-0.4, -0.2) is 31.2 Å². The van der Waals surface area contributed by atoms with E-state index in [1.807, 2.05) is 30.3 Å². The largest absolute Gasteiger partial charge is 0.510 e. The molecule has 11 heteroatoms. The molecule has 0 spiro atoms. The summed E-state index contributed by atoms with van der Waals surface area (Å²) >= 11 is 0.944. The van der Waals surface area contributed by atoms with Gasteiger partial charge in [-0.3, -0.25) is 24.3 Å². The molecule has 0 aliphatic rings. The monoisotopic (exact) mass is 513 g/mol. The first kappa shape index (κ1) is 25.2. The van der Waals surface area contributed by atoms with Crippen molar-refractivity contribution < 1.29 is 14.8 Å². The van der Waals surface area contributed by atoms with Gasteiger partial charge in [-0.1, -0.05) is 54.2 Å². The summed E-state index contributed by atoms with van der Waals surface area (Å²) in [6.45, 7) is 0.178. The quantitative estimate of drug-likeness (QED) is 0.0681. The highest BCUT2D eigenvalue weighted by Crippen LogP contribution is 2.24. The van der Waals surface area contributed by atoms with Crippen molar-refractivity contribution in [3.8, 4) is 11.8 Å². The topological polar surface area (TPSA) is 151 Å². The van der Waals surface area contributed by atoms with Gasteiger partial charge in [-0.05, 0) is 29.8 Å². The number of benzene rings is 3. The Kier molecular flexibility index (Phi) is 7.61. The van der Waals surface area contributed by atoms with Crippen LogP contribution in [0, 0.1) is 21.4 Å². The zero-order valence-electron chi connectivity index (χ0n) is 19.2. The Morgan fingerprint density at radius 2 is 1.76 bits per heavy atom. The zero-order valence-corrected chi connectivity index (χ0v) is 20.0. The molecule has 0 atom stereocenters. The molecule has 0 saturated heterocycles. The second kappa shape index (κ2) is 11.2. The van der Waals surface area contributed by atoms with Crippen LogP contribution in [0.1, 0.15) is 5.56 Å². The number of hydrogen-bond acceptors (Lipinski definition) is 8. The SMILES string of the molecule is N#C/C(C(=O)NCc1ccccc1)=C(/O)CSc1nc2ccccc2c(=O)n1-c1ccc([N+](=O)[O-])cc1. The van der Waals surface area contributed by atoms with Crippen molar-refractivity contribution >= 4 is 34.3 Å². The van der Waals surface area contributed by atoms with Gasteiger partial charge in [0.15, 0.2) is 10.7 Å². The lowest BCUT2D eigenvalue weighted by atomic mass is 10.2. The third-order valence-electron chi connectivity index (χ3n) is 5.32. The minimum atomic E-state index is -0.733. The number of carbonyl (C=O) groups is 1. The number of aliphatic hydroxyl groups excluding tert-OH is 1. The molecule has 1 amide bonds. The smallest absolute Gasteiger partial charge is 0.269 e. The number of nitrogens with zero attached hydrogens (tertiary/aromatic N) is 4. The molecule has 0 saturated carbocycles. The van der Waals surface area contributed by atoms with Gasteiger partial charge in [0.05, 0.1) is 27.3 Å². The molecule has 2 N–H and O–H groups in total. The van der Waals surface area contributed by atoms with Crippen LogP contribution in [-0.2, 0) is 11.3 Å². The van der Waals surface area contributed by atoms with Crippen LogP contribution >= 0.6 is 11.8 Å². The first-order valence-electron chi connectivity index (χ1n) is 10.9. The lowest BCUT2D eigenvalue weighted by molar-refractivity contribution is -0.384.